The van der Waals surface area contributed by atoms with Crippen LogP contribution in [0.15, 0.2) is 11.2 Å². The summed E-state index contributed by atoms with van der Waals surface area (Å²) in [6, 6.07) is 1.70. The number of fused-ring (bicyclic) bond motifs is 1. The topological polar surface area (TPSA) is 95.8 Å². The van der Waals surface area contributed by atoms with Crippen LogP contribution in [0.25, 0.3) is 0 Å². The van der Waals surface area contributed by atoms with Crippen LogP contribution in [-0.2, 0) is 9.63 Å². The Kier molecular flexibility index (Phi) is 3.44. The lowest BCUT2D eigenvalue weighted by atomic mass is 9.92. The largest absolute Gasteiger partial charge is 0.492 e. The quantitative estimate of drug-likeness (QED) is 0.902. The molecule has 118 valence electrons. The maximum absolute atomic E-state index is 11.1. The van der Waals surface area contributed by atoms with Gasteiger partial charge < -0.3 is 28.9 Å². The van der Waals surface area contributed by atoms with E-state index in [0.29, 0.717) is 28.6 Å². The Morgan fingerprint density at radius 2 is 2.05 bits per heavy atom. The fraction of sp³-hybridized carbons (Fsp3) is 0.429. The minimum absolute atomic E-state index is 0.0383. The highest BCUT2D eigenvalue weighted by atomic mass is 16.7. The first-order valence-corrected chi connectivity index (χ1v) is 6.60. The molecule has 1 aromatic rings. The Morgan fingerprint density at radius 3 is 2.64 bits per heavy atom. The zero-order valence-electron chi connectivity index (χ0n) is 12.3. The maximum Gasteiger partial charge on any atom is 0.354 e. The summed E-state index contributed by atoms with van der Waals surface area (Å²) in [5.74, 6) is 0.177. The van der Waals surface area contributed by atoms with E-state index in [2.05, 4.69) is 5.16 Å². The van der Waals surface area contributed by atoms with Crippen molar-refractivity contribution in [3.8, 4) is 23.0 Å². The minimum atomic E-state index is -1.11. The standard InChI is InChI=1S/C14H15NO7/c1-6-9(14(16)17)15-22-10(6)7-4-8-12(21-5-20-8)13(19-3)11(7)18-2/h4,6,10H,5H2,1-3H3,(H,16,17)/t6-,10+/m0/s1. The number of methoxy groups -OCH3 is 2. The van der Waals surface area contributed by atoms with Crippen LogP contribution in [0.2, 0.25) is 0 Å². The number of oxime groups is 1. The molecule has 0 saturated carbocycles. The summed E-state index contributed by atoms with van der Waals surface area (Å²) >= 11 is 0. The summed E-state index contributed by atoms with van der Waals surface area (Å²) in [4.78, 5) is 16.4. The molecule has 8 nitrogen and oxygen atoms in total. The molecule has 0 amide bonds. The van der Waals surface area contributed by atoms with Crippen molar-refractivity contribution in [2.45, 2.75) is 13.0 Å². The Labute approximate surface area is 126 Å². The van der Waals surface area contributed by atoms with Gasteiger partial charge in [0.25, 0.3) is 0 Å². The van der Waals surface area contributed by atoms with Crippen molar-refractivity contribution in [3.63, 3.8) is 0 Å². The first-order valence-electron chi connectivity index (χ1n) is 6.60. The van der Waals surface area contributed by atoms with E-state index in [1.807, 2.05) is 0 Å². The number of hydrogen-bond acceptors (Lipinski definition) is 7. The Hall–Kier alpha value is -2.64. The van der Waals surface area contributed by atoms with Crippen molar-refractivity contribution in [1.29, 1.82) is 0 Å². The molecule has 1 N–H and O–H groups in total. The highest BCUT2D eigenvalue weighted by Crippen LogP contribution is 2.52. The lowest BCUT2D eigenvalue weighted by Gasteiger charge is -2.20. The molecule has 8 heteroatoms. The SMILES string of the molecule is COc1c([C@@H]2ON=C(C(=O)O)[C@@H]2C)cc2c(c1OC)OCO2. The summed E-state index contributed by atoms with van der Waals surface area (Å²) in [6.07, 6.45) is -0.607. The average Bonchev–Trinajstić information content (AvgIpc) is 3.10. The number of benzene rings is 1. The van der Waals surface area contributed by atoms with E-state index >= 15 is 0 Å². The zero-order valence-corrected chi connectivity index (χ0v) is 12.3. The maximum atomic E-state index is 11.1. The first kappa shape index (κ1) is 14.3. The van der Waals surface area contributed by atoms with Crippen LogP contribution in [0.1, 0.15) is 18.6 Å². The van der Waals surface area contributed by atoms with E-state index in [0.717, 1.165) is 0 Å². The summed E-state index contributed by atoms with van der Waals surface area (Å²) in [5, 5.41) is 12.8. The molecule has 0 aromatic heterocycles. The summed E-state index contributed by atoms with van der Waals surface area (Å²) in [6.45, 7) is 1.80. The van der Waals surface area contributed by atoms with Crippen LogP contribution in [0.3, 0.4) is 0 Å². The zero-order chi connectivity index (χ0) is 15.9. The van der Waals surface area contributed by atoms with Gasteiger partial charge in [0.05, 0.1) is 20.1 Å². The van der Waals surface area contributed by atoms with E-state index in [9.17, 15) is 4.79 Å². The van der Waals surface area contributed by atoms with Gasteiger partial charge in [-0.2, -0.15) is 0 Å². The third-order valence-corrected chi connectivity index (χ3v) is 3.69. The highest BCUT2D eigenvalue weighted by Gasteiger charge is 2.40. The van der Waals surface area contributed by atoms with Crippen LogP contribution in [-0.4, -0.2) is 37.8 Å². The molecule has 0 fully saturated rings. The highest BCUT2D eigenvalue weighted by molar-refractivity contribution is 6.36. The second kappa shape index (κ2) is 5.28. The van der Waals surface area contributed by atoms with E-state index in [1.165, 1.54) is 14.2 Å². The lowest BCUT2D eigenvalue weighted by molar-refractivity contribution is -0.129. The predicted octanol–water partition coefficient (Wildman–Crippen LogP) is 1.58. The molecule has 0 aliphatic carbocycles. The molecular formula is C14H15NO7. The smallest absolute Gasteiger partial charge is 0.354 e. The van der Waals surface area contributed by atoms with Gasteiger partial charge in [0.15, 0.2) is 23.3 Å². The molecule has 2 heterocycles. The van der Waals surface area contributed by atoms with Gasteiger partial charge in [0, 0.05) is 5.56 Å². The monoisotopic (exact) mass is 309 g/mol. The van der Waals surface area contributed by atoms with Gasteiger partial charge >= 0.3 is 5.97 Å². The van der Waals surface area contributed by atoms with Gasteiger partial charge in [-0.25, -0.2) is 4.79 Å². The fourth-order valence-electron chi connectivity index (χ4n) is 2.61. The normalized spacial score (nSPS) is 22.0. The molecule has 3 rings (SSSR count). The van der Waals surface area contributed by atoms with Gasteiger partial charge in [0.1, 0.15) is 0 Å². The van der Waals surface area contributed by atoms with Crippen LogP contribution in [0, 0.1) is 5.92 Å². The van der Waals surface area contributed by atoms with E-state index in [-0.39, 0.29) is 12.5 Å². The molecule has 22 heavy (non-hydrogen) atoms. The van der Waals surface area contributed by atoms with Crippen molar-refractivity contribution in [3.05, 3.63) is 11.6 Å². The molecule has 0 radical (unpaired) electrons. The lowest BCUT2D eigenvalue weighted by Crippen LogP contribution is -2.21. The van der Waals surface area contributed by atoms with Crippen molar-refractivity contribution in [1.82, 2.24) is 0 Å². The van der Waals surface area contributed by atoms with Gasteiger partial charge in [-0.15, -0.1) is 0 Å². The Morgan fingerprint density at radius 1 is 1.32 bits per heavy atom. The second-order valence-corrected chi connectivity index (χ2v) is 4.86. The molecule has 0 unspecified atom stereocenters. The molecule has 2 aliphatic rings. The summed E-state index contributed by atoms with van der Waals surface area (Å²) in [7, 11) is 2.98. The molecule has 0 bridgehead atoms. The molecule has 0 saturated heterocycles. The fourth-order valence-corrected chi connectivity index (χ4v) is 2.61. The van der Waals surface area contributed by atoms with Crippen LogP contribution < -0.4 is 18.9 Å². The van der Waals surface area contributed by atoms with Crippen molar-refractivity contribution in [2.75, 3.05) is 21.0 Å². The number of carboxylic acid groups (broad SMARTS) is 1. The summed E-state index contributed by atoms with van der Waals surface area (Å²) in [5.41, 5.74) is 0.555. The van der Waals surface area contributed by atoms with Crippen LogP contribution in [0.4, 0.5) is 0 Å². The third-order valence-electron chi connectivity index (χ3n) is 3.69. The Bertz CT molecular complexity index is 655. The molecule has 2 atom stereocenters. The van der Waals surface area contributed by atoms with Crippen molar-refractivity contribution in [2.24, 2.45) is 11.1 Å². The van der Waals surface area contributed by atoms with Gasteiger partial charge in [0.2, 0.25) is 18.3 Å². The molecule has 2 aliphatic heterocycles. The molecule has 1 aromatic carbocycles. The predicted molar refractivity (Wildman–Crippen MR) is 73.7 cm³/mol. The number of hydrogen-bond donors (Lipinski definition) is 1. The number of carbonyl (C=O) groups is 1. The number of ether oxygens (including phenoxy) is 4. The second-order valence-electron chi connectivity index (χ2n) is 4.86. The Balaban J connectivity index is 2.07. The molecule has 0 spiro atoms. The number of aliphatic carboxylic acids is 1. The molecular weight excluding hydrogens is 294 g/mol. The van der Waals surface area contributed by atoms with Gasteiger partial charge in [-0.05, 0) is 6.07 Å². The van der Waals surface area contributed by atoms with E-state index in [4.69, 9.17) is 28.9 Å². The van der Waals surface area contributed by atoms with Crippen molar-refractivity contribution >= 4 is 11.7 Å². The van der Waals surface area contributed by atoms with E-state index < -0.39 is 18.0 Å². The number of carboxylic acids is 1. The van der Waals surface area contributed by atoms with Gasteiger partial charge in [-0.3, -0.25) is 0 Å². The van der Waals surface area contributed by atoms with Crippen LogP contribution >= 0.6 is 0 Å². The third kappa shape index (κ3) is 1.99. The van der Waals surface area contributed by atoms with Crippen LogP contribution in [0.5, 0.6) is 23.0 Å². The van der Waals surface area contributed by atoms with Crippen molar-refractivity contribution < 1.29 is 33.7 Å². The van der Waals surface area contributed by atoms with Gasteiger partial charge in [-0.1, -0.05) is 12.1 Å². The summed E-state index contributed by atoms with van der Waals surface area (Å²) < 4.78 is 21.5. The first-order chi connectivity index (χ1) is 10.6. The number of nitrogens with zero attached hydrogens (tertiary/aromatic N) is 1. The van der Waals surface area contributed by atoms with E-state index in [1.54, 1.807) is 13.0 Å². The average molecular weight is 309 g/mol. The number of rotatable bonds is 4. The minimum Gasteiger partial charge on any atom is -0.492 e.